The summed E-state index contributed by atoms with van der Waals surface area (Å²) in [6, 6.07) is 14.6. The van der Waals surface area contributed by atoms with Crippen molar-refractivity contribution in [3.63, 3.8) is 0 Å². The lowest BCUT2D eigenvalue weighted by atomic mass is 9.96. The summed E-state index contributed by atoms with van der Waals surface area (Å²) in [7, 11) is 0. The maximum atomic E-state index is 12.2. The molecule has 0 fully saturated rings. The maximum absolute atomic E-state index is 12.2. The summed E-state index contributed by atoms with van der Waals surface area (Å²) in [5, 5.41) is 12.9. The minimum atomic E-state index is -0.250. The third-order valence-corrected chi connectivity index (χ3v) is 3.98. The predicted molar refractivity (Wildman–Crippen MR) is 89.7 cm³/mol. The minimum absolute atomic E-state index is 0.0567. The number of rotatable bonds is 6. The summed E-state index contributed by atoms with van der Waals surface area (Å²) in [6.07, 6.45) is 0.582. The van der Waals surface area contributed by atoms with Gasteiger partial charge in [-0.3, -0.25) is 4.79 Å². The van der Waals surface area contributed by atoms with Crippen molar-refractivity contribution in [1.82, 2.24) is 5.32 Å². The van der Waals surface area contributed by atoms with Crippen LogP contribution >= 0.6 is 23.2 Å². The van der Waals surface area contributed by atoms with Crippen molar-refractivity contribution in [2.45, 2.75) is 12.3 Å². The summed E-state index contributed by atoms with van der Waals surface area (Å²) in [5.41, 5.74) is 1.47. The standard InChI is InChI=1S/C17H17Cl2NO2/c18-14-6-7-15(16(19)10-14)17(22)20-11-13(8-9-21)12-4-2-1-3-5-12/h1-7,10,13,21H,8-9,11H2,(H,20,22). The number of hydrogen-bond donors (Lipinski definition) is 2. The molecule has 0 aliphatic carbocycles. The van der Waals surface area contributed by atoms with Gasteiger partial charge in [-0.25, -0.2) is 0 Å². The van der Waals surface area contributed by atoms with E-state index in [1.165, 1.54) is 0 Å². The van der Waals surface area contributed by atoms with Crippen LogP contribution in [0.25, 0.3) is 0 Å². The second-order valence-electron chi connectivity index (χ2n) is 4.95. The van der Waals surface area contributed by atoms with Crippen molar-refractivity contribution < 1.29 is 9.90 Å². The molecule has 0 radical (unpaired) electrons. The fraction of sp³-hybridized carbons (Fsp3) is 0.235. The van der Waals surface area contributed by atoms with Gasteiger partial charge in [-0.05, 0) is 30.2 Å². The third-order valence-electron chi connectivity index (χ3n) is 3.43. The first kappa shape index (κ1) is 16.8. The molecule has 2 aromatic rings. The molecule has 0 aliphatic heterocycles. The van der Waals surface area contributed by atoms with Gasteiger partial charge >= 0.3 is 0 Å². The van der Waals surface area contributed by atoms with Crippen LogP contribution in [0.2, 0.25) is 10.0 Å². The summed E-state index contributed by atoms with van der Waals surface area (Å²) in [5.74, 6) is -0.193. The highest BCUT2D eigenvalue weighted by atomic mass is 35.5. The minimum Gasteiger partial charge on any atom is -0.396 e. The molecule has 116 valence electrons. The van der Waals surface area contributed by atoms with Crippen LogP contribution in [0.3, 0.4) is 0 Å². The van der Waals surface area contributed by atoms with E-state index in [0.29, 0.717) is 28.6 Å². The quantitative estimate of drug-likeness (QED) is 0.840. The number of hydrogen-bond acceptors (Lipinski definition) is 2. The van der Waals surface area contributed by atoms with Gasteiger partial charge in [-0.2, -0.15) is 0 Å². The van der Waals surface area contributed by atoms with Crippen molar-refractivity contribution in [2.24, 2.45) is 0 Å². The Kier molecular flexibility index (Phi) is 6.25. The van der Waals surface area contributed by atoms with Crippen LogP contribution in [-0.4, -0.2) is 24.2 Å². The number of nitrogens with one attached hydrogen (secondary N) is 1. The third kappa shape index (κ3) is 4.47. The Labute approximate surface area is 139 Å². The van der Waals surface area contributed by atoms with Gasteiger partial charge in [0.25, 0.3) is 5.91 Å². The number of carbonyl (C=O) groups is 1. The Bertz CT molecular complexity index is 632. The molecule has 0 saturated carbocycles. The predicted octanol–water partition coefficient (Wildman–Crippen LogP) is 3.89. The molecule has 22 heavy (non-hydrogen) atoms. The van der Waals surface area contributed by atoms with Crippen molar-refractivity contribution in [3.8, 4) is 0 Å². The molecule has 0 saturated heterocycles. The highest BCUT2D eigenvalue weighted by Gasteiger charge is 2.15. The number of amides is 1. The molecule has 0 heterocycles. The van der Waals surface area contributed by atoms with Crippen molar-refractivity contribution in [2.75, 3.05) is 13.2 Å². The largest absolute Gasteiger partial charge is 0.396 e. The van der Waals surface area contributed by atoms with Crippen molar-refractivity contribution in [3.05, 3.63) is 69.7 Å². The molecule has 3 nitrogen and oxygen atoms in total. The van der Waals surface area contributed by atoms with Gasteiger partial charge in [0.2, 0.25) is 0 Å². The first-order chi connectivity index (χ1) is 10.6. The molecule has 1 unspecified atom stereocenters. The molecule has 1 atom stereocenters. The number of halogens is 2. The monoisotopic (exact) mass is 337 g/mol. The van der Waals surface area contributed by atoms with E-state index in [1.807, 2.05) is 30.3 Å². The lowest BCUT2D eigenvalue weighted by Crippen LogP contribution is -2.29. The van der Waals surface area contributed by atoms with Crippen LogP contribution in [0, 0.1) is 0 Å². The maximum Gasteiger partial charge on any atom is 0.252 e. The van der Waals surface area contributed by atoms with Gasteiger partial charge in [0, 0.05) is 24.1 Å². The van der Waals surface area contributed by atoms with E-state index < -0.39 is 0 Å². The Morgan fingerprint density at radius 3 is 2.50 bits per heavy atom. The lowest BCUT2D eigenvalue weighted by molar-refractivity contribution is 0.0949. The molecular formula is C17H17Cl2NO2. The molecule has 5 heteroatoms. The molecule has 0 aromatic heterocycles. The number of aliphatic hydroxyl groups excluding tert-OH is 1. The van der Waals surface area contributed by atoms with Gasteiger partial charge in [0.15, 0.2) is 0 Å². The first-order valence-corrected chi connectivity index (χ1v) is 7.76. The van der Waals surface area contributed by atoms with Crippen LogP contribution in [0.4, 0.5) is 0 Å². The second kappa shape index (κ2) is 8.18. The Hall–Kier alpha value is -1.55. The molecular weight excluding hydrogens is 321 g/mol. The van der Waals surface area contributed by atoms with E-state index in [-0.39, 0.29) is 18.4 Å². The number of carbonyl (C=O) groups excluding carboxylic acids is 1. The zero-order valence-electron chi connectivity index (χ0n) is 11.9. The number of aliphatic hydroxyl groups is 1. The van der Waals surface area contributed by atoms with Crippen LogP contribution < -0.4 is 5.32 Å². The fourth-order valence-corrected chi connectivity index (χ4v) is 2.75. The fourth-order valence-electron chi connectivity index (χ4n) is 2.25. The molecule has 2 N–H and O–H groups in total. The molecule has 1 amide bonds. The van der Waals surface area contributed by atoms with Crippen LogP contribution in [-0.2, 0) is 0 Å². The van der Waals surface area contributed by atoms with Gasteiger partial charge in [-0.15, -0.1) is 0 Å². The molecule has 0 aliphatic rings. The topological polar surface area (TPSA) is 49.3 Å². The van der Waals surface area contributed by atoms with Crippen molar-refractivity contribution in [1.29, 1.82) is 0 Å². The molecule has 2 aromatic carbocycles. The average Bonchev–Trinajstić information content (AvgIpc) is 2.52. The SMILES string of the molecule is O=C(NCC(CCO)c1ccccc1)c1ccc(Cl)cc1Cl. The Balaban J connectivity index is 2.04. The smallest absolute Gasteiger partial charge is 0.252 e. The molecule has 0 bridgehead atoms. The summed E-state index contributed by atoms with van der Waals surface area (Å²) in [4.78, 5) is 12.2. The zero-order chi connectivity index (χ0) is 15.9. The Morgan fingerprint density at radius 2 is 1.86 bits per heavy atom. The Morgan fingerprint density at radius 1 is 1.14 bits per heavy atom. The van der Waals surface area contributed by atoms with E-state index >= 15 is 0 Å². The van der Waals surface area contributed by atoms with E-state index in [2.05, 4.69) is 5.32 Å². The number of benzene rings is 2. The summed E-state index contributed by atoms with van der Waals surface area (Å²) < 4.78 is 0. The zero-order valence-corrected chi connectivity index (χ0v) is 13.4. The highest BCUT2D eigenvalue weighted by Crippen LogP contribution is 2.22. The van der Waals surface area contributed by atoms with E-state index in [4.69, 9.17) is 23.2 Å². The van der Waals surface area contributed by atoms with E-state index in [1.54, 1.807) is 18.2 Å². The van der Waals surface area contributed by atoms with Gasteiger partial charge in [0.1, 0.15) is 0 Å². The average molecular weight is 338 g/mol. The highest BCUT2D eigenvalue weighted by molar-refractivity contribution is 6.36. The first-order valence-electron chi connectivity index (χ1n) is 7.01. The summed E-state index contributed by atoms with van der Waals surface area (Å²) in [6.45, 7) is 0.499. The second-order valence-corrected chi connectivity index (χ2v) is 5.80. The molecule has 2 rings (SSSR count). The lowest BCUT2D eigenvalue weighted by Gasteiger charge is -2.17. The van der Waals surface area contributed by atoms with E-state index in [0.717, 1.165) is 5.56 Å². The van der Waals surface area contributed by atoms with Crippen LogP contribution in [0.5, 0.6) is 0 Å². The van der Waals surface area contributed by atoms with E-state index in [9.17, 15) is 9.90 Å². The van der Waals surface area contributed by atoms with Gasteiger partial charge in [0.05, 0.1) is 10.6 Å². The van der Waals surface area contributed by atoms with Crippen LogP contribution in [0.15, 0.2) is 48.5 Å². The van der Waals surface area contributed by atoms with Gasteiger partial charge in [-0.1, -0.05) is 53.5 Å². The normalized spacial score (nSPS) is 12.0. The summed E-state index contributed by atoms with van der Waals surface area (Å²) >= 11 is 11.9. The van der Waals surface area contributed by atoms with Crippen LogP contribution in [0.1, 0.15) is 28.3 Å². The van der Waals surface area contributed by atoms with Gasteiger partial charge < -0.3 is 10.4 Å². The van der Waals surface area contributed by atoms with Crippen molar-refractivity contribution >= 4 is 29.1 Å². The molecule has 0 spiro atoms.